The maximum Gasteiger partial charge on any atom is 0.407 e. The summed E-state index contributed by atoms with van der Waals surface area (Å²) in [6, 6.07) is 14.9. The number of hydrogen-bond donors (Lipinski definition) is 3. The van der Waals surface area contributed by atoms with E-state index in [-0.39, 0.29) is 6.42 Å². The molecule has 224 valence electrons. The minimum atomic E-state index is -0.839. The summed E-state index contributed by atoms with van der Waals surface area (Å²) in [7, 11) is 0. The second-order valence-corrected chi connectivity index (χ2v) is 10.4. The van der Waals surface area contributed by atoms with Crippen LogP contribution in [0.4, 0.5) is 27.9 Å². The lowest BCUT2D eigenvalue weighted by Crippen LogP contribution is -2.33. The van der Waals surface area contributed by atoms with Crippen molar-refractivity contribution in [3.63, 3.8) is 0 Å². The van der Waals surface area contributed by atoms with Crippen LogP contribution in [-0.2, 0) is 9.53 Å². The van der Waals surface area contributed by atoms with Gasteiger partial charge in [-0.2, -0.15) is 4.98 Å². The average Bonchev–Trinajstić information content (AvgIpc) is 2.93. The Morgan fingerprint density at radius 3 is 2.21 bits per heavy atom. The first-order chi connectivity index (χ1) is 20.0. The summed E-state index contributed by atoms with van der Waals surface area (Å²) >= 11 is 0. The number of alkyl carbamates (subject to hydrolysis) is 1. The molecule has 0 atom stereocenters. The Hall–Kier alpha value is -4.80. The van der Waals surface area contributed by atoms with Gasteiger partial charge in [0, 0.05) is 42.3 Å². The molecule has 0 saturated heterocycles. The van der Waals surface area contributed by atoms with Crippen molar-refractivity contribution in [3.8, 4) is 11.5 Å². The SMILES string of the molecule is C=CN(c1ccc(OCCCC(=O)O)cc1)c1nc(Nc2ccc(OCCCNC(=O)OC(C)(C)C)cc2)ncc1C. The molecule has 11 nitrogen and oxygen atoms in total. The lowest BCUT2D eigenvalue weighted by Gasteiger charge is -2.22. The predicted molar refractivity (Wildman–Crippen MR) is 162 cm³/mol. The van der Waals surface area contributed by atoms with Gasteiger partial charge in [0.05, 0.1) is 13.2 Å². The second-order valence-electron chi connectivity index (χ2n) is 10.4. The third kappa shape index (κ3) is 10.6. The Kier molecular flexibility index (Phi) is 11.5. The highest BCUT2D eigenvalue weighted by atomic mass is 16.6. The first-order valence-corrected chi connectivity index (χ1v) is 13.7. The van der Waals surface area contributed by atoms with E-state index < -0.39 is 17.7 Å². The largest absolute Gasteiger partial charge is 0.494 e. The Bertz CT molecular complexity index is 1320. The van der Waals surface area contributed by atoms with Crippen molar-refractivity contribution >= 4 is 35.2 Å². The number of anilines is 4. The number of nitrogens with one attached hydrogen (secondary N) is 2. The monoisotopic (exact) mass is 577 g/mol. The lowest BCUT2D eigenvalue weighted by atomic mass is 10.2. The van der Waals surface area contributed by atoms with E-state index in [4.69, 9.17) is 24.3 Å². The molecule has 3 N–H and O–H groups in total. The van der Waals surface area contributed by atoms with Crippen LogP contribution >= 0.6 is 0 Å². The van der Waals surface area contributed by atoms with Gasteiger partial charge < -0.3 is 34.9 Å². The summed E-state index contributed by atoms with van der Waals surface area (Å²) in [5.74, 6) is 1.60. The van der Waals surface area contributed by atoms with E-state index in [2.05, 4.69) is 22.2 Å². The van der Waals surface area contributed by atoms with E-state index >= 15 is 0 Å². The molecule has 1 heterocycles. The van der Waals surface area contributed by atoms with Gasteiger partial charge in [0.25, 0.3) is 0 Å². The topological polar surface area (TPSA) is 135 Å². The number of aromatic nitrogens is 2. The van der Waals surface area contributed by atoms with E-state index in [9.17, 15) is 9.59 Å². The lowest BCUT2D eigenvalue weighted by molar-refractivity contribution is -0.137. The number of benzene rings is 2. The maximum absolute atomic E-state index is 11.7. The van der Waals surface area contributed by atoms with Crippen molar-refractivity contribution in [3.05, 3.63) is 73.1 Å². The second kappa shape index (κ2) is 15.3. The standard InChI is InChI=1S/C31H39N5O6/c1-6-36(24-12-16-26(17-13-24)40-19-7-9-27(37)38)28-22(2)21-33-29(35-28)34-23-10-14-25(15-11-23)41-20-8-18-32-30(39)42-31(3,4)5/h6,10-17,21H,1,7-9,18-20H2,2-5H3,(H,32,39)(H,37,38)(H,33,34,35). The van der Waals surface area contributed by atoms with Gasteiger partial charge in [0.15, 0.2) is 0 Å². The van der Waals surface area contributed by atoms with Gasteiger partial charge in [-0.25, -0.2) is 9.78 Å². The number of carboxylic acid groups (broad SMARTS) is 1. The van der Waals surface area contributed by atoms with Gasteiger partial charge in [-0.1, -0.05) is 6.58 Å². The molecule has 0 unspecified atom stereocenters. The third-order valence-corrected chi connectivity index (χ3v) is 5.64. The highest BCUT2D eigenvalue weighted by Gasteiger charge is 2.16. The van der Waals surface area contributed by atoms with Crippen LogP contribution in [0.1, 0.15) is 45.6 Å². The van der Waals surface area contributed by atoms with E-state index in [1.54, 1.807) is 12.4 Å². The molecule has 0 aliphatic rings. The molecule has 1 aromatic heterocycles. The van der Waals surface area contributed by atoms with E-state index in [1.165, 1.54) is 0 Å². The van der Waals surface area contributed by atoms with Gasteiger partial charge in [-0.3, -0.25) is 4.79 Å². The highest BCUT2D eigenvalue weighted by molar-refractivity contribution is 5.68. The molecule has 3 aromatic rings. The molecule has 0 spiro atoms. The first-order valence-electron chi connectivity index (χ1n) is 13.7. The van der Waals surface area contributed by atoms with Crippen LogP contribution in [0.5, 0.6) is 11.5 Å². The summed E-state index contributed by atoms with van der Waals surface area (Å²) in [6.45, 7) is 12.6. The number of aliphatic carboxylic acids is 1. The van der Waals surface area contributed by atoms with Gasteiger partial charge >= 0.3 is 12.1 Å². The van der Waals surface area contributed by atoms with Crippen LogP contribution in [0.15, 0.2) is 67.5 Å². The summed E-state index contributed by atoms with van der Waals surface area (Å²) in [5, 5.41) is 14.7. The molecule has 11 heteroatoms. The minimum Gasteiger partial charge on any atom is -0.494 e. The van der Waals surface area contributed by atoms with Crippen LogP contribution in [0.2, 0.25) is 0 Å². The van der Waals surface area contributed by atoms with Crippen molar-refractivity contribution in [1.82, 2.24) is 15.3 Å². The third-order valence-electron chi connectivity index (χ3n) is 5.64. The molecule has 0 radical (unpaired) electrons. The van der Waals surface area contributed by atoms with Gasteiger partial charge in [-0.15, -0.1) is 0 Å². The normalized spacial score (nSPS) is 10.9. The predicted octanol–water partition coefficient (Wildman–Crippen LogP) is 6.35. The molecule has 0 aliphatic carbocycles. The molecule has 3 rings (SSSR count). The van der Waals surface area contributed by atoms with Crippen molar-refractivity contribution in [2.24, 2.45) is 0 Å². The zero-order chi connectivity index (χ0) is 30.5. The highest BCUT2D eigenvalue weighted by Crippen LogP contribution is 2.29. The van der Waals surface area contributed by atoms with Crippen LogP contribution in [0, 0.1) is 6.92 Å². The Morgan fingerprint density at radius 1 is 1.00 bits per heavy atom. The molecule has 42 heavy (non-hydrogen) atoms. The van der Waals surface area contributed by atoms with E-state index in [0.29, 0.717) is 55.9 Å². The summed E-state index contributed by atoms with van der Waals surface area (Å²) in [6.07, 6.45) is 4.13. The van der Waals surface area contributed by atoms with Gasteiger partial charge in [-0.05, 0) is 89.1 Å². The summed E-state index contributed by atoms with van der Waals surface area (Å²) in [5.41, 5.74) is 1.96. The van der Waals surface area contributed by atoms with Gasteiger partial charge in [0.1, 0.15) is 22.9 Å². The molecule has 2 aromatic carbocycles. The first kappa shape index (κ1) is 31.7. The van der Waals surface area contributed by atoms with Crippen LogP contribution in [0.25, 0.3) is 0 Å². The average molecular weight is 578 g/mol. The number of carboxylic acids is 1. The van der Waals surface area contributed by atoms with Gasteiger partial charge in [0.2, 0.25) is 5.95 Å². The van der Waals surface area contributed by atoms with Crippen molar-refractivity contribution in [1.29, 1.82) is 0 Å². The molecular formula is C31H39N5O6. The quantitative estimate of drug-likeness (QED) is 0.175. The Labute approximate surface area is 246 Å². The van der Waals surface area contributed by atoms with E-state index in [0.717, 1.165) is 16.9 Å². The van der Waals surface area contributed by atoms with Crippen LogP contribution < -0.4 is 25.0 Å². The van der Waals surface area contributed by atoms with Crippen LogP contribution in [0.3, 0.4) is 0 Å². The molecule has 0 bridgehead atoms. The molecule has 0 fully saturated rings. The number of hydrogen-bond acceptors (Lipinski definition) is 9. The number of amides is 1. The fourth-order valence-corrected chi connectivity index (χ4v) is 3.70. The zero-order valence-corrected chi connectivity index (χ0v) is 24.6. The van der Waals surface area contributed by atoms with E-state index in [1.807, 2.05) is 81.1 Å². The zero-order valence-electron chi connectivity index (χ0n) is 24.6. The molecule has 1 amide bonds. The fourth-order valence-electron chi connectivity index (χ4n) is 3.70. The number of nitrogens with zero attached hydrogens (tertiary/aromatic N) is 3. The number of ether oxygens (including phenoxy) is 3. The maximum atomic E-state index is 11.7. The fraction of sp³-hybridized carbons (Fsp3) is 0.355. The smallest absolute Gasteiger partial charge is 0.407 e. The van der Waals surface area contributed by atoms with Crippen molar-refractivity contribution in [2.45, 2.75) is 52.6 Å². The van der Waals surface area contributed by atoms with Crippen molar-refractivity contribution < 1.29 is 28.9 Å². The molecular weight excluding hydrogens is 538 g/mol. The summed E-state index contributed by atoms with van der Waals surface area (Å²) < 4.78 is 16.6. The minimum absolute atomic E-state index is 0.0697. The molecule has 0 aliphatic heterocycles. The number of aryl methyl sites for hydroxylation is 1. The Balaban J connectivity index is 1.54. The molecule has 0 saturated carbocycles. The van der Waals surface area contributed by atoms with Crippen LogP contribution in [-0.4, -0.2) is 52.5 Å². The number of carbonyl (C=O) groups is 2. The number of rotatable bonds is 15. The van der Waals surface area contributed by atoms with Crippen molar-refractivity contribution in [2.75, 3.05) is 30.0 Å². The summed E-state index contributed by atoms with van der Waals surface area (Å²) in [4.78, 5) is 33.3. The Morgan fingerprint density at radius 2 is 1.62 bits per heavy atom. The number of carbonyl (C=O) groups excluding carboxylic acids is 1.